The fourth-order valence-corrected chi connectivity index (χ4v) is 2.96. The molecule has 106 valence electrons. The summed E-state index contributed by atoms with van der Waals surface area (Å²) in [5.41, 5.74) is 1.30. The summed E-state index contributed by atoms with van der Waals surface area (Å²) in [6.45, 7) is 1.95. The zero-order chi connectivity index (χ0) is 14.1. The Balaban J connectivity index is 1.92. The SMILES string of the molecule is Cc1cn(C2CCCC2)c(Nc2cc(Cl)ccc2F)n1. The Morgan fingerprint density at radius 3 is 2.85 bits per heavy atom. The first-order chi connectivity index (χ1) is 9.63. The predicted octanol–water partition coefficient (Wildman–Crippen LogP) is 4.84. The topological polar surface area (TPSA) is 29.9 Å². The Bertz CT molecular complexity index is 618. The maximum absolute atomic E-state index is 13.8. The van der Waals surface area contributed by atoms with Crippen molar-refractivity contribution in [3.63, 3.8) is 0 Å². The standard InChI is InChI=1S/C15H17ClFN3/c1-10-9-20(12-4-2-3-5-12)15(18-10)19-14-8-11(16)6-7-13(14)17/h6-9,12H,2-5H2,1H3,(H,18,19). The van der Waals surface area contributed by atoms with Gasteiger partial charge in [-0.2, -0.15) is 0 Å². The van der Waals surface area contributed by atoms with Crippen LogP contribution in [0.2, 0.25) is 5.02 Å². The molecule has 0 spiro atoms. The molecule has 2 aromatic rings. The number of aryl methyl sites for hydroxylation is 1. The molecule has 1 aromatic carbocycles. The Hall–Kier alpha value is -1.55. The van der Waals surface area contributed by atoms with E-state index in [0.29, 0.717) is 22.7 Å². The van der Waals surface area contributed by atoms with Gasteiger partial charge in [0.2, 0.25) is 5.95 Å². The summed E-state index contributed by atoms with van der Waals surface area (Å²) in [4.78, 5) is 4.46. The number of aromatic nitrogens is 2. The summed E-state index contributed by atoms with van der Waals surface area (Å²) in [6.07, 6.45) is 6.82. The number of hydrogen-bond acceptors (Lipinski definition) is 2. The number of imidazole rings is 1. The molecule has 3 rings (SSSR count). The van der Waals surface area contributed by atoms with Crippen LogP contribution in [0.3, 0.4) is 0 Å². The largest absolute Gasteiger partial charge is 0.323 e. The van der Waals surface area contributed by atoms with Crippen LogP contribution in [0.15, 0.2) is 24.4 Å². The number of rotatable bonds is 3. The minimum absolute atomic E-state index is 0.326. The quantitative estimate of drug-likeness (QED) is 0.877. The first-order valence-corrected chi connectivity index (χ1v) is 7.29. The van der Waals surface area contributed by atoms with Crippen molar-refractivity contribution in [2.75, 3.05) is 5.32 Å². The molecule has 0 amide bonds. The van der Waals surface area contributed by atoms with Crippen LogP contribution < -0.4 is 5.32 Å². The smallest absolute Gasteiger partial charge is 0.207 e. The van der Waals surface area contributed by atoms with E-state index in [1.165, 1.54) is 25.0 Å². The van der Waals surface area contributed by atoms with E-state index >= 15 is 0 Å². The van der Waals surface area contributed by atoms with Crippen molar-refractivity contribution in [1.82, 2.24) is 9.55 Å². The summed E-state index contributed by atoms with van der Waals surface area (Å²) in [5, 5.41) is 3.58. The van der Waals surface area contributed by atoms with Crippen LogP contribution in [-0.4, -0.2) is 9.55 Å². The Morgan fingerprint density at radius 1 is 1.35 bits per heavy atom. The first-order valence-electron chi connectivity index (χ1n) is 6.91. The second kappa shape index (κ2) is 5.44. The van der Waals surface area contributed by atoms with Gasteiger partial charge < -0.3 is 9.88 Å². The third-order valence-corrected chi connectivity index (χ3v) is 3.98. The van der Waals surface area contributed by atoms with Crippen LogP contribution in [0, 0.1) is 12.7 Å². The molecule has 0 radical (unpaired) electrons. The summed E-state index contributed by atoms with van der Waals surface area (Å²) < 4.78 is 15.9. The van der Waals surface area contributed by atoms with Gasteiger partial charge in [0.15, 0.2) is 0 Å². The number of halogens is 2. The van der Waals surface area contributed by atoms with E-state index in [9.17, 15) is 4.39 Å². The first kappa shape index (κ1) is 13.4. The Kier molecular flexibility index (Phi) is 3.66. The molecular weight excluding hydrogens is 277 g/mol. The van der Waals surface area contributed by atoms with Gasteiger partial charge in [-0.05, 0) is 38.0 Å². The van der Waals surface area contributed by atoms with E-state index in [2.05, 4.69) is 14.9 Å². The zero-order valence-electron chi connectivity index (χ0n) is 11.4. The number of nitrogens with one attached hydrogen (secondary N) is 1. The molecule has 0 bridgehead atoms. The third kappa shape index (κ3) is 2.66. The second-order valence-electron chi connectivity index (χ2n) is 5.30. The lowest BCUT2D eigenvalue weighted by atomic mass is 10.2. The molecule has 1 saturated carbocycles. The van der Waals surface area contributed by atoms with Crippen molar-refractivity contribution < 1.29 is 4.39 Å². The van der Waals surface area contributed by atoms with Crippen LogP contribution in [0.1, 0.15) is 37.4 Å². The molecule has 1 N–H and O–H groups in total. The lowest BCUT2D eigenvalue weighted by Crippen LogP contribution is -2.08. The molecule has 1 aromatic heterocycles. The lowest BCUT2D eigenvalue weighted by molar-refractivity contribution is 0.524. The average Bonchev–Trinajstić information content (AvgIpc) is 3.03. The van der Waals surface area contributed by atoms with E-state index in [1.54, 1.807) is 6.07 Å². The Morgan fingerprint density at radius 2 is 2.10 bits per heavy atom. The highest BCUT2D eigenvalue weighted by atomic mass is 35.5. The number of anilines is 2. The van der Waals surface area contributed by atoms with Crippen molar-refractivity contribution in [3.8, 4) is 0 Å². The van der Waals surface area contributed by atoms with Gasteiger partial charge in [0.25, 0.3) is 0 Å². The van der Waals surface area contributed by atoms with Gasteiger partial charge in [-0.1, -0.05) is 24.4 Å². The highest BCUT2D eigenvalue weighted by Crippen LogP contribution is 2.33. The molecule has 0 saturated heterocycles. The predicted molar refractivity (Wildman–Crippen MR) is 79.2 cm³/mol. The third-order valence-electron chi connectivity index (χ3n) is 3.75. The van der Waals surface area contributed by atoms with Crippen molar-refractivity contribution >= 4 is 23.2 Å². The molecule has 20 heavy (non-hydrogen) atoms. The van der Waals surface area contributed by atoms with Crippen LogP contribution in [0.25, 0.3) is 0 Å². The van der Waals surface area contributed by atoms with Gasteiger partial charge in [0, 0.05) is 17.3 Å². The maximum Gasteiger partial charge on any atom is 0.207 e. The van der Waals surface area contributed by atoms with E-state index in [0.717, 1.165) is 18.5 Å². The monoisotopic (exact) mass is 293 g/mol. The summed E-state index contributed by atoms with van der Waals surface area (Å²) in [7, 11) is 0. The lowest BCUT2D eigenvalue weighted by Gasteiger charge is -2.16. The molecule has 0 atom stereocenters. The van der Waals surface area contributed by atoms with Gasteiger partial charge in [-0.3, -0.25) is 0 Å². The fraction of sp³-hybridized carbons (Fsp3) is 0.400. The minimum atomic E-state index is -0.326. The summed E-state index contributed by atoms with van der Waals surface area (Å²) >= 11 is 5.92. The molecule has 1 aliphatic carbocycles. The van der Waals surface area contributed by atoms with Gasteiger partial charge >= 0.3 is 0 Å². The van der Waals surface area contributed by atoms with Crippen molar-refractivity contribution in [2.24, 2.45) is 0 Å². The second-order valence-corrected chi connectivity index (χ2v) is 5.74. The number of benzene rings is 1. The van der Waals surface area contributed by atoms with Crippen molar-refractivity contribution in [3.05, 3.63) is 40.9 Å². The number of hydrogen-bond donors (Lipinski definition) is 1. The highest BCUT2D eigenvalue weighted by Gasteiger charge is 2.20. The van der Waals surface area contributed by atoms with E-state index in [4.69, 9.17) is 11.6 Å². The normalized spacial score (nSPS) is 15.8. The fourth-order valence-electron chi connectivity index (χ4n) is 2.78. The molecular formula is C15H17ClFN3. The van der Waals surface area contributed by atoms with Crippen molar-refractivity contribution in [2.45, 2.75) is 38.6 Å². The zero-order valence-corrected chi connectivity index (χ0v) is 12.1. The Labute approximate surface area is 122 Å². The van der Waals surface area contributed by atoms with Crippen LogP contribution in [-0.2, 0) is 0 Å². The highest BCUT2D eigenvalue weighted by molar-refractivity contribution is 6.30. The molecule has 1 heterocycles. The average molecular weight is 294 g/mol. The van der Waals surface area contributed by atoms with Gasteiger partial charge in [0.05, 0.1) is 11.4 Å². The van der Waals surface area contributed by atoms with Crippen LogP contribution in [0.4, 0.5) is 16.0 Å². The summed E-state index contributed by atoms with van der Waals surface area (Å²) in [6, 6.07) is 4.94. The van der Waals surface area contributed by atoms with Crippen LogP contribution in [0.5, 0.6) is 0 Å². The van der Waals surface area contributed by atoms with E-state index in [-0.39, 0.29) is 5.82 Å². The molecule has 0 aliphatic heterocycles. The van der Waals surface area contributed by atoms with Gasteiger partial charge in [-0.15, -0.1) is 0 Å². The van der Waals surface area contributed by atoms with E-state index < -0.39 is 0 Å². The van der Waals surface area contributed by atoms with Gasteiger partial charge in [-0.25, -0.2) is 9.37 Å². The molecule has 0 unspecified atom stereocenters. The van der Waals surface area contributed by atoms with E-state index in [1.807, 2.05) is 13.1 Å². The van der Waals surface area contributed by atoms with Crippen LogP contribution >= 0.6 is 11.6 Å². The summed E-state index contributed by atoms with van der Waals surface area (Å²) in [5.74, 6) is 0.364. The maximum atomic E-state index is 13.8. The molecule has 1 aliphatic rings. The molecule has 1 fully saturated rings. The van der Waals surface area contributed by atoms with Crippen molar-refractivity contribution in [1.29, 1.82) is 0 Å². The minimum Gasteiger partial charge on any atom is -0.323 e. The number of nitrogens with zero attached hydrogens (tertiary/aromatic N) is 2. The molecule has 5 heteroatoms. The van der Waals surface area contributed by atoms with Gasteiger partial charge in [0.1, 0.15) is 5.82 Å². The molecule has 3 nitrogen and oxygen atoms in total.